The van der Waals surface area contributed by atoms with Crippen LogP contribution in [0.25, 0.3) is 0 Å². The SMILES string of the molecule is CC(C)c1ccc(P=O)c(P=O)c1. The molecule has 1 rings (SSSR count). The minimum atomic E-state index is -0.0739. The highest BCUT2D eigenvalue weighted by molar-refractivity contribution is 7.42. The first-order chi connectivity index (χ1) is 6.19. The van der Waals surface area contributed by atoms with Gasteiger partial charge in [0.15, 0.2) is 16.9 Å². The third kappa shape index (κ3) is 2.43. The summed E-state index contributed by atoms with van der Waals surface area (Å²) in [6.07, 6.45) is 0. The molecule has 0 heterocycles. The summed E-state index contributed by atoms with van der Waals surface area (Å²) in [5.41, 5.74) is 1.12. The first kappa shape index (κ1) is 10.5. The average molecular weight is 212 g/mol. The van der Waals surface area contributed by atoms with Crippen molar-refractivity contribution >= 4 is 27.5 Å². The van der Waals surface area contributed by atoms with E-state index in [1.54, 1.807) is 6.07 Å². The Morgan fingerprint density at radius 1 is 1.08 bits per heavy atom. The second-order valence-corrected chi connectivity index (χ2v) is 4.41. The summed E-state index contributed by atoms with van der Waals surface area (Å²) in [6.45, 7) is 4.13. The number of benzene rings is 1. The van der Waals surface area contributed by atoms with Gasteiger partial charge in [0.25, 0.3) is 0 Å². The molecular formula is C9H10O2P2. The Balaban J connectivity index is 3.20. The van der Waals surface area contributed by atoms with Crippen molar-refractivity contribution in [3.8, 4) is 0 Å². The molecule has 0 aromatic heterocycles. The van der Waals surface area contributed by atoms with Crippen LogP contribution in [0.4, 0.5) is 0 Å². The molecule has 68 valence electrons. The van der Waals surface area contributed by atoms with Gasteiger partial charge in [-0.2, -0.15) is 0 Å². The van der Waals surface area contributed by atoms with Crippen LogP contribution in [0.3, 0.4) is 0 Å². The van der Waals surface area contributed by atoms with Crippen LogP contribution >= 0.6 is 16.9 Å². The lowest BCUT2D eigenvalue weighted by molar-refractivity contribution is 0.601. The van der Waals surface area contributed by atoms with Crippen molar-refractivity contribution in [1.82, 2.24) is 0 Å². The number of hydrogen-bond donors (Lipinski definition) is 0. The maximum atomic E-state index is 10.7. The minimum absolute atomic E-state index is 0.0688. The minimum Gasteiger partial charge on any atom is -0.269 e. The van der Waals surface area contributed by atoms with Gasteiger partial charge in [0.05, 0.1) is 10.6 Å². The molecule has 13 heavy (non-hydrogen) atoms. The molecule has 0 aliphatic carbocycles. The molecule has 4 heteroatoms. The smallest absolute Gasteiger partial charge is 0.193 e. The molecule has 0 radical (unpaired) electrons. The molecule has 0 aliphatic rings. The monoisotopic (exact) mass is 212 g/mol. The summed E-state index contributed by atoms with van der Waals surface area (Å²) in [5, 5.41) is 1.21. The van der Waals surface area contributed by atoms with Gasteiger partial charge < -0.3 is 0 Å². The van der Waals surface area contributed by atoms with Gasteiger partial charge in [-0.3, -0.25) is 9.13 Å². The Kier molecular flexibility index (Phi) is 3.71. The standard InChI is InChI=1S/C9H10O2P2/c1-6(2)7-3-4-8(12-10)9(5-7)13-11/h3-6H,1-2H3. The van der Waals surface area contributed by atoms with Crippen LogP contribution in [0, 0.1) is 0 Å². The Morgan fingerprint density at radius 2 is 1.69 bits per heavy atom. The molecular weight excluding hydrogens is 202 g/mol. The van der Waals surface area contributed by atoms with Gasteiger partial charge in [0.1, 0.15) is 0 Å². The molecule has 0 aliphatic heterocycles. The van der Waals surface area contributed by atoms with Crippen LogP contribution in [0.1, 0.15) is 25.3 Å². The second kappa shape index (κ2) is 4.60. The van der Waals surface area contributed by atoms with Gasteiger partial charge in [0.2, 0.25) is 0 Å². The molecule has 0 amide bonds. The van der Waals surface area contributed by atoms with Crippen LogP contribution in [0.5, 0.6) is 0 Å². The van der Waals surface area contributed by atoms with Crippen LogP contribution in [0.15, 0.2) is 18.2 Å². The van der Waals surface area contributed by atoms with Gasteiger partial charge in [-0.05, 0) is 23.6 Å². The number of hydrogen-bond acceptors (Lipinski definition) is 2. The predicted molar refractivity (Wildman–Crippen MR) is 55.0 cm³/mol. The molecule has 0 spiro atoms. The van der Waals surface area contributed by atoms with E-state index < -0.39 is 0 Å². The van der Waals surface area contributed by atoms with Crippen molar-refractivity contribution in [3.63, 3.8) is 0 Å². The van der Waals surface area contributed by atoms with E-state index >= 15 is 0 Å². The van der Waals surface area contributed by atoms with E-state index in [0.717, 1.165) is 5.56 Å². The van der Waals surface area contributed by atoms with E-state index in [4.69, 9.17) is 0 Å². The maximum Gasteiger partial charge on any atom is 0.193 e. The van der Waals surface area contributed by atoms with Crippen molar-refractivity contribution in [2.24, 2.45) is 0 Å². The topological polar surface area (TPSA) is 34.1 Å². The molecule has 0 atom stereocenters. The molecule has 1 aromatic rings. The van der Waals surface area contributed by atoms with Crippen molar-refractivity contribution in [1.29, 1.82) is 0 Å². The summed E-state index contributed by atoms with van der Waals surface area (Å²) in [6, 6.07) is 5.50. The van der Waals surface area contributed by atoms with Gasteiger partial charge in [0, 0.05) is 0 Å². The van der Waals surface area contributed by atoms with Crippen molar-refractivity contribution in [2.45, 2.75) is 19.8 Å². The Bertz CT molecular complexity index is 334. The highest BCUT2D eigenvalue weighted by atomic mass is 31.1. The van der Waals surface area contributed by atoms with E-state index in [1.807, 2.05) is 12.1 Å². The summed E-state index contributed by atoms with van der Waals surface area (Å²) in [5.74, 6) is 0.401. The van der Waals surface area contributed by atoms with Crippen LogP contribution < -0.4 is 10.6 Å². The number of rotatable bonds is 3. The lowest BCUT2D eigenvalue weighted by Crippen LogP contribution is -2.13. The zero-order valence-electron chi connectivity index (χ0n) is 7.52. The van der Waals surface area contributed by atoms with Crippen molar-refractivity contribution in [3.05, 3.63) is 23.8 Å². The van der Waals surface area contributed by atoms with Gasteiger partial charge in [-0.25, -0.2) is 0 Å². The fraction of sp³-hybridized carbons (Fsp3) is 0.333. The quantitative estimate of drug-likeness (QED) is 0.721. The molecule has 0 saturated heterocycles. The highest BCUT2D eigenvalue weighted by Gasteiger charge is 2.05. The largest absolute Gasteiger partial charge is 0.269 e. The molecule has 0 fully saturated rings. The zero-order valence-corrected chi connectivity index (χ0v) is 9.31. The van der Waals surface area contributed by atoms with Gasteiger partial charge >= 0.3 is 0 Å². The fourth-order valence-electron chi connectivity index (χ4n) is 1.05. The van der Waals surface area contributed by atoms with Crippen LogP contribution in [-0.4, -0.2) is 0 Å². The third-order valence-electron chi connectivity index (χ3n) is 1.86. The Hall–Kier alpha value is -0.580. The second-order valence-electron chi connectivity index (χ2n) is 3.09. The summed E-state index contributed by atoms with van der Waals surface area (Å²) >= 11 is 0. The lowest BCUT2D eigenvalue weighted by Gasteiger charge is -2.05. The molecule has 0 saturated carbocycles. The van der Waals surface area contributed by atoms with E-state index in [2.05, 4.69) is 13.8 Å². The predicted octanol–water partition coefficient (Wildman–Crippen LogP) is 2.64. The molecule has 0 bridgehead atoms. The summed E-state index contributed by atoms with van der Waals surface area (Å²) in [7, 11) is -0.143. The fourth-order valence-corrected chi connectivity index (χ4v) is 1.96. The van der Waals surface area contributed by atoms with E-state index in [0.29, 0.717) is 16.5 Å². The van der Waals surface area contributed by atoms with Crippen LogP contribution in [-0.2, 0) is 9.13 Å². The lowest BCUT2D eigenvalue weighted by atomic mass is 10.0. The van der Waals surface area contributed by atoms with E-state index in [1.165, 1.54) is 0 Å². The molecule has 2 nitrogen and oxygen atoms in total. The van der Waals surface area contributed by atoms with Gasteiger partial charge in [-0.1, -0.05) is 19.9 Å². The Morgan fingerprint density at radius 3 is 2.15 bits per heavy atom. The molecule has 0 N–H and O–H groups in total. The van der Waals surface area contributed by atoms with Crippen LogP contribution in [0.2, 0.25) is 0 Å². The Labute approximate surface area is 80.8 Å². The molecule has 1 aromatic carbocycles. The van der Waals surface area contributed by atoms with Crippen molar-refractivity contribution < 1.29 is 9.13 Å². The summed E-state index contributed by atoms with van der Waals surface area (Å²) < 4.78 is 21.3. The summed E-state index contributed by atoms with van der Waals surface area (Å²) in [4.78, 5) is 0. The third-order valence-corrected chi connectivity index (χ3v) is 3.19. The average Bonchev–Trinajstić information content (AvgIpc) is 2.16. The van der Waals surface area contributed by atoms with Gasteiger partial charge in [-0.15, -0.1) is 0 Å². The van der Waals surface area contributed by atoms with E-state index in [-0.39, 0.29) is 16.9 Å². The molecule has 0 unspecified atom stereocenters. The van der Waals surface area contributed by atoms with E-state index in [9.17, 15) is 9.13 Å². The maximum absolute atomic E-state index is 10.7. The normalized spacial score (nSPS) is 11.3. The first-order valence-corrected chi connectivity index (χ1v) is 5.62. The zero-order chi connectivity index (χ0) is 9.84. The first-order valence-electron chi connectivity index (χ1n) is 3.99. The highest BCUT2D eigenvalue weighted by Crippen LogP contribution is 2.14. The van der Waals surface area contributed by atoms with Crippen molar-refractivity contribution in [2.75, 3.05) is 0 Å².